The molecular weight excluding hydrogens is 527 g/mol. The Kier molecular flexibility index (Phi) is 7.61. The molecule has 15 heteroatoms. The van der Waals surface area contributed by atoms with Crippen LogP contribution in [-0.4, -0.2) is 102 Å². The summed E-state index contributed by atoms with van der Waals surface area (Å²) in [6.07, 6.45) is 2.95. The summed E-state index contributed by atoms with van der Waals surface area (Å²) < 4.78 is 26.4. The van der Waals surface area contributed by atoms with E-state index in [1.807, 2.05) is 4.90 Å². The average molecular weight is 555 g/mol. The Labute approximate surface area is 227 Å². The highest BCUT2D eigenvalue weighted by atomic mass is 19.1. The molecule has 0 radical (unpaired) electrons. The number of nitrogens with one attached hydrogen (secondary N) is 2. The number of alkyl carbamates (subject to hydrolysis) is 1. The van der Waals surface area contributed by atoms with Crippen LogP contribution in [0.1, 0.15) is 10.5 Å². The van der Waals surface area contributed by atoms with Crippen molar-refractivity contribution in [2.45, 2.75) is 6.10 Å². The molecule has 5 rings (SSSR count). The highest BCUT2D eigenvalue weighted by Crippen LogP contribution is 2.28. The quantitative estimate of drug-likeness (QED) is 0.429. The van der Waals surface area contributed by atoms with Crippen molar-refractivity contribution in [3.8, 4) is 0 Å². The zero-order valence-electron chi connectivity index (χ0n) is 21.6. The molecule has 4 heterocycles. The van der Waals surface area contributed by atoms with Crippen molar-refractivity contribution < 1.29 is 33.0 Å². The molecule has 40 heavy (non-hydrogen) atoms. The van der Waals surface area contributed by atoms with Gasteiger partial charge in [-0.2, -0.15) is 0 Å². The van der Waals surface area contributed by atoms with E-state index in [1.165, 1.54) is 24.3 Å². The van der Waals surface area contributed by atoms with Gasteiger partial charge in [0.1, 0.15) is 17.6 Å². The number of cyclic esters (lactones) is 1. The second-order valence-electron chi connectivity index (χ2n) is 9.13. The van der Waals surface area contributed by atoms with Gasteiger partial charge in [0, 0.05) is 44.8 Å². The van der Waals surface area contributed by atoms with Gasteiger partial charge < -0.3 is 29.9 Å². The van der Waals surface area contributed by atoms with E-state index in [4.69, 9.17) is 4.74 Å². The fraction of sp³-hybridized carbons (Fsp3) is 0.360. The van der Waals surface area contributed by atoms with E-state index in [0.717, 1.165) is 0 Å². The Morgan fingerprint density at radius 2 is 1.98 bits per heavy atom. The van der Waals surface area contributed by atoms with Gasteiger partial charge in [0.15, 0.2) is 0 Å². The molecule has 4 amide bonds. The summed E-state index contributed by atoms with van der Waals surface area (Å²) in [6.45, 7) is 1.50. The Hall–Kier alpha value is -4.95. The zero-order chi connectivity index (χ0) is 28.2. The van der Waals surface area contributed by atoms with Crippen molar-refractivity contribution in [1.29, 1.82) is 0 Å². The number of carbonyl (C=O) groups is 4. The number of fused-ring (bicyclic) bond motifs is 1. The second-order valence-corrected chi connectivity index (χ2v) is 9.13. The summed E-state index contributed by atoms with van der Waals surface area (Å²) in [5.74, 6) is -0.870. The van der Waals surface area contributed by atoms with Crippen LogP contribution in [0.25, 0.3) is 5.78 Å². The maximum atomic E-state index is 15.1. The maximum absolute atomic E-state index is 15.1. The number of hydrogen-bond acceptors (Lipinski definition) is 9. The van der Waals surface area contributed by atoms with Crippen molar-refractivity contribution in [2.75, 3.05) is 62.7 Å². The fourth-order valence-corrected chi connectivity index (χ4v) is 4.52. The van der Waals surface area contributed by atoms with Gasteiger partial charge in [-0.25, -0.2) is 23.9 Å². The first-order valence-electron chi connectivity index (χ1n) is 12.5. The fourth-order valence-electron chi connectivity index (χ4n) is 4.52. The molecule has 14 nitrogen and oxygen atoms in total. The Morgan fingerprint density at radius 1 is 1.18 bits per heavy atom. The lowest BCUT2D eigenvalue weighted by atomic mass is 10.2. The third kappa shape index (κ3) is 5.72. The lowest BCUT2D eigenvalue weighted by Crippen LogP contribution is -2.51. The molecule has 2 saturated heterocycles. The summed E-state index contributed by atoms with van der Waals surface area (Å²) in [4.78, 5) is 61.5. The first-order chi connectivity index (χ1) is 19.3. The molecule has 2 aromatic heterocycles. The van der Waals surface area contributed by atoms with Crippen LogP contribution in [0.2, 0.25) is 0 Å². The van der Waals surface area contributed by atoms with Crippen LogP contribution in [0.4, 0.5) is 25.4 Å². The van der Waals surface area contributed by atoms with Crippen LogP contribution in [-0.2, 0) is 14.3 Å². The number of aromatic nitrogens is 3. The summed E-state index contributed by atoms with van der Waals surface area (Å²) in [5.41, 5.74) is 0.838. The van der Waals surface area contributed by atoms with Crippen LogP contribution in [0.5, 0.6) is 0 Å². The normalized spacial score (nSPS) is 17.1. The summed E-state index contributed by atoms with van der Waals surface area (Å²) in [5, 5.41) is 5.06. The lowest BCUT2D eigenvalue weighted by Gasteiger charge is -2.36. The van der Waals surface area contributed by atoms with Crippen molar-refractivity contribution in [1.82, 2.24) is 29.9 Å². The van der Waals surface area contributed by atoms with E-state index < -0.39 is 30.0 Å². The van der Waals surface area contributed by atoms with Gasteiger partial charge in [-0.3, -0.25) is 18.9 Å². The maximum Gasteiger partial charge on any atom is 0.414 e. The van der Waals surface area contributed by atoms with Crippen LogP contribution in [0.15, 0.2) is 42.9 Å². The number of benzene rings is 1. The monoisotopic (exact) mass is 554 g/mol. The number of amides is 4. The smallest absolute Gasteiger partial charge is 0.414 e. The van der Waals surface area contributed by atoms with Gasteiger partial charge in [-0.15, -0.1) is 0 Å². The Balaban J connectivity index is 1.11. The highest BCUT2D eigenvalue weighted by molar-refractivity contribution is 5.95. The third-order valence-corrected chi connectivity index (χ3v) is 6.62. The molecule has 2 N–H and O–H groups in total. The first kappa shape index (κ1) is 26.6. The molecule has 0 bridgehead atoms. The van der Waals surface area contributed by atoms with Gasteiger partial charge in [0.2, 0.25) is 11.7 Å². The zero-order valence-corrected chi connectivity index (χ0v) is 21.6. The first-order valence-corrected chi connectivity index (χ1v) is 12.5. The summed E-state index contributed by atoms with van der Waals surface area (Å²) in [7, 11) is 1.23. The average Bonchev–Trinajstić information content (AvgIpc) is 3.58. The number of carbonyl (C=O) groups excluding carboxylic acids is 4. The molecular formula is C25H27FN8O6. The number of ether oxygens (including phenoxy) is 2. The molecule has 0 unspecified atom stereocenters. The minimum atomic E-state index is -0.641. The van der Waals surface area contributed by atoms with Gasteiger partial charge in [-0.1, -0.05) is 0 Å². The molecule has 3 aromatic rings. The predicted molar refractivity (Wildman–Crippen MR) is 139 cm³/mol. The number of nitrogens with zero attached hydrogens (tertiary/aromatic N) is 6. The van der Waals surface area contributed by atoms with E-state index >= 15 is 4.39 Å². The number of methoxy groups -OCH3 is 1. The van der Waals surface area contributed by atoms with Gasteiger partial charge in [0.25, 0.3) is 5.91 Å². The number of halogens is 1. The molecule has 210 valence electrons. The van der Waals surface area contributed by atoms with E-state index in [2.05, 4.69) is 25.3 Å². The summed E-state index contributed by atoms with van der Waals surface area (Å²) in [6, 6.07) is 6.18. The minimum absolute atomic E-state index is 0.0696. The Bertz CT molecular complexity index is 1410. The van der Waals surface area contributed by atoms with Gasteiger partial charge in [-0.05, 0) is 24.3 Å². The largest absolute Gasteiger partial charge is 0.453 e. The molecule has 1 aromatic carbocycles. The molecule has 0 aliphatic carbocycles. The van der Waals surface area contributed by atoms with Crippen molar-refractivity contribution in [2.24, 2.45) is 0 Å². The minimum Gasteiger partial charge on any atom is -0.453 e. The van der Waals surface area contributed by atoms with E-state index in [1.54, 1.807) is 39.9 Å². The number of imidazole rings is 1. The molecule has 2 fully saturated rings. The number of anilines is 2. The van der Waals surface area contributed by atoms with Crippen LogP contribution in [0.3, 0.4) is 0 Å². The van der Waals surface area contributed by atoms with Crippen LogP contribution in [0, 0.1) is 5.82 Å². The van der Waals surface area contributed by atoms with Crippen LogP contribution < -0.4 is 20.4 Å². The van der Waals surface area contributed by atoms with Gasteiger partial charge in [0.05, 0.1) is 38.1 Å². The number of rotatable bonds is 7. The third-order valence-electron chi connectivity index (χ3n) is 6.62. The number of piperazine rings is 1. The topological polar surface area (TPSA) is 151 Å². The molecule has 2 aliphatic rings. The standard InChI is InChI=1S/C25H27FN8O6/c1-39-24(37)29-12-17-14-34(25(38)40-17)16-3-4-20(18(26)11-16)31-7-9-32(10-8-31)21(35)13-28-22(36)19-15-33-6-2-5-27-23(33)30-19/h2-6,11,15,17H,7-10,12-14H2,1H3,(H,28,36)(H,29,37)/t17-/m0/s1. The number of hydrogen-bond donors (Lipinski definition) is 2. The van der Waals surface area contributed by atoms with E-state index in [0.29, 0.717) is 43.3 Å². The van der Waals surface area contributed by atoms with Crippen molar-refractivity contribution in [3.05, 3.63) is 54.4 Å². The molecule has 2 aliphatic heterocycles. The van der Waals surface area contributed by atoms with Crippen molar-refractivity contribution >= 4 is 41.2 Å². The van der Waals surface area contributed by atoms with Gasteiger partial charge >= 0.3 is 12.2 Å². The van der Waals surface area contributed by atoms with E-state index in [-0.39, 0.29) is 31.2 Å². The Morgan fingerprint density at radius 3 is 2.70 bits per heavy atom. The lowest BCUT2D eigenvalue weighted by molar-refractivity contribution is -0.130. The highest BCUT2D eigenvalue weighted by Gasteiger charge is 2.33. The molecule has 0 saturated carbocycles. The molecule has 1 atom stereocenters. The predicted octanol–water partition coefficient (Wildman–Crippen LogP) is 0.628. The second kappa shape index (κ2) is 11.4. The molecule has 0 spiro atoms. The summed E-state index contributed by atoms with van der Waals surface area (Å²) >= 11 is 0. The van der Waals surface area contributed by atoms with E-state index in [9.17, 15) is 19.2 Å². The van der Waals surface area contributed by atoms with Crippen LogP contribution >= 0.6 is 0 Å². The SMILES string of the molecule is COC(=O)NC[C@H]1CN(c2ccc(N3CCN(C(=O)CNC(=O)c4cn5cccnc5n4)CC3)c(F)c2)C(=O)O1. The van der Waals surface area contributed by atoms with Crippen molar-refractivity contribution in [3.63, 3.8) is 0 Å².